The Bertz CT molecular complexity index is 488. The van der Waals surface area contributed by atoms with Crippen LogP contribution in [-0.2, 0) is 27.3 Å². The lowest BCUT2D eigenvalue weighted by molar-refractivity contribution is -0.139. The topological polar surface area (TPSA) is 58.6 Å². The number of carbonyl (C=O) groups is 2. The molecule has 116 valence electrons. The normalized spacial score (nSPS) is 11.8. The highest BCUT2D eigenvalue weighted by Gasteiger charge is 2.16. The highest BCUT2D eigenvalue weighted by Crippen LogP contribution is 2.10. The summed E-state index contributed by atoms with van der Waals surface area (Å²) in [7, 11) is 3.16. The minimum Gasteiger partial charge on any atom is -0.469 e. The van der Waals surface area contributed by atoms with E-state index in [0.717, 1.165) is 11.1 Å². The third kappa shape index (κ3) is 5.19. The molecule has 5 heteroatoms. The molecule has 0 spiro atoms. The number of hydrogen-bond acceptors (Lipinski definition) is 4. The van der Waals surface area contributed by atoms with Crippen LogP contribution in [-0.4, -0.2) is 43.5 Å². The Morgan fingerprint density at radius 1 is 1.29 bits per heavy atom. The highest BCUT2D eigenvalue weighted by molar-refractivity contribution is 5.81. The van der Waals surface area contributed by atoms with Crippen LogP contribution in [0.2, 0.25) is 0 Å². The van der Waals surface area contributed by atoms with E-state index >= 15 is 0 Å². The third-order valence-electron chi connectivity index (χ3n) is 3.50. The van der Waals surface area contributed by atoms with Crippen molar-refractivity contribution in [2.45, 2.75) is 32.9 Å². The zero-order valence-electron chi connectivity index (χ0n) is 13.2. The molecule has 0 bridgehead atoms. The number of carbonyl (C=O) groups excluding carboxylic acids is 2. The standard InChI is InChI=1S/C16H24N2O3/c1-5-18(3)16(20)12(2)17-11-14-9-7-6-8-13(14)10-15(19)21-4/h6-9,12,17H,5,10-11H2,1-4H3. The molecule has 0 aliphatic heterocycles. The van der Waals surface area contributed by atoms with Crippen LogP contribution in [0.15, 0.2) is 24.3 Å². The van der Waals surface area contributed by atoms with E-state index in [-0.39, 0.29) is 24.3 Å². The number of rotatable bonds is 7. The molecule has 0 heterocycles. The van der Waals surface area contributed by atoms with Crippen LogP contribution in [0.1, 0.15) is 25.0 Å². The van der Waals surface area contributed by atoms with Crippen LogP contribution in [0.3, 0.4) is 0 Å². The lowest BCUT2D eigenvalue weighted by Gasteiger charge is -2.21. The zero-order valence-corrected chi connectivity index (χ0v) is 13.2. The average Bonchev–Trinajstić information content (AvgIpc) is 2.51. The minimum atomic E-state index is -0.266. The smallest absolute Gasteiger partial charge is 0.309 e. The van der Waals surface area contributed by atoms with Crippen molar-refractivity contribution in [3.05, 3.63) is 35.4 Å². The zero-order chi connectivity index (χ0) is 15.8. The number of likely N-dealkylation sites (N-methyl/N-ethyl adjacent to an activating group) is 1. The maximum Gasteiger partial charge on any atom is 0.309 e. The molecule has 1 atom stereocenters. The van der Waals surface area contributed by atoms with Crippen LogP contribution < -0.4 is 5.32 Å². The number of benzene rings is 1. The first-order valence-corrected chi connectivity index (χ1v) is 7.11. The van der Waals surface area contributed by atoms with Crippen LogP contribution >= 0.6 is 0 Å². The van der Waals surface area contributed by atoms with Gasteiger partial charge in [-0.1, -0.05) is 24.3 Å². The summed E-state index contributed by atoms with van der Waals surface area (Å²) in [5.41, 5.74) is 1.92. The van der Waals surface area contributed by atoms with Gasteiger partial charge in [-0.3, -0.25) is 9.59 Å². The maximum absolute atomic E-state index is 12.0. The molecule has 0 saturated heterocycles. The molecule has 21 heavy (non-hydrogen) atoms. The summed E-state index contributed by atoms with van der Waals surface area (Å²) in [5, 5.41) is 3.20. The molecule has 1 aromatic carbocycles. The predicted molar refractivity (Wildman–Crippen MR) is 81.8 cm³/mol. The molecule has 0 aromatic heterocycles. The molecule has 1 aromatic rings. The minimum absolute atomic E-state index is 0.0583. The van der Waals surface area contributed by atoms with Gasteiger partial charge in [-0.25, -0.2) is 0 Å². The maximum atomic E-state index is 12.0. The van der Waals surface area contributed by atoms with Gasteiger partial charge in [-0.15, -0.1) is 0 Å². The second kappa shape index (κ2) is 8.42. The summed E-state index contributed by atoms with van der Waals surface area (Å²) in [5.74, 6) is -0.208. The predicted octanol–water partition coefficient (Wildman–Crippen LogP) is 1.36. The number of ether oxygens (including phenoxy) is 1. The van der Waals surface area contributed by atoms with Gasteiger partial charge >= 0.3 is 5.97 Å². The first-order chi connectivity index (χ1) is 9.99. The second-order valence-corrected chi connectivity index (χ2v) is 4.98. The molecule has 1 rings (SSSR count). The Labute approximate surface area is 126 Å². The highest BCUT2D eigenvalue weighted by atomic mass is 16.5. The van der Waals surface area contributed by atoms with E-state index in [2.05, 4.69) is 5.32 Å². The van der Waals surface area contributed by atoms with Crippen molar-refractivity contribution in [2.75, 3.05) is 20.7 Å². The lowest BCUT2D eigenvalue weighted by Crippen LogP contribution is -2.42. The Morgan fingerprint density at radius 3 is 2.48 bits per heavy atom. The van der Waals surface area contributed by atoms with Crippen molar-refractivity contribution < 1.29 is 14.3 Å². The fourth-order valence-corrected chi connectivity index (χ4v) is 1.97. The number of esters is 1. The molecule has 0 aliphatic carbocycles. The molecule has 0 fully saturated rings. The summed E-state index contributed by atoms with van der Waals surface area (Å²) < 4.78 is 4.70. The Morgan fingerprint density at radius 2 is 1.90 bits per heavy atom. The molecule has 1 unspecified atom stereocenters. The summed E-state index contributed by atoms with van der Waals surface area (Å²) in [6.45, 7) is 5.01. The van der Waals surface area contributed by atoms with Gasteiger partial charge in [0.1, 0.15) is 0 Å². The lowest BCUT2D eigenvalue weighted by atomic mass is 10.0. The largest absolute Gasteiger partial charge is 0.469 e. The van der Waals surface area contributed by atoms with E-state index in [1.165, 1.54) is 7.11 Å². The van der Waals surface area contributed by atoms with Crippen LogP contribution in [0.25, 0.3) is 0 Å². The quantitative estimate of drug-likeness (QED) is 0.771. The van der Waals surface area contributed by atoms with Crippen molar-refractivity contribution in [1.29, 1.82) is 0 Å². The number of methoxy groups -OCH3 is 1. The molecule has 0 saturated carbocycles. The van der Waals surface area contributed by atoms with Crippen molar-refractivity contribution >= 4 is 11.9 Å². The van der Waals surface area contributed by atoms with Crippen molar-refractivity contribution in [3.63, 3.8) is 0 Å². The summed E-state index contributed by atoms with van der Waals surface area (Å²) in [6, 6.07) is 7.40. The third-order valence-corrected chi connectivity index (χ3v) is 3.50. The fourth-order valence-electron chi connectivity index (χ4n) is 1.97. The first kappa shape index (κ1) is 17.2. The van der Waals surface area contributed by atoms with E-state index in [1.54, 1.807) is 11.9 Å². The molecule has 1 amide bonds. The Hall–Kier alpha value is -1.88. The van der Waals surface area contributed by atoms with Gasteiger partial charge in [0.15, 0.2) is 0 Å². The van der Waals surface area contributed by atoms with E-state index in [9.17, 15) is 9.59 Å². The van der Waals surface area contributed by atoms with Crippen LogP contribution in [0.4, 0.5) is 0 Å². The van der Waals surface area contributed by atoms with Gasteiger partial charge in [-0.2, -0.15) is 0 Å². The Balaban J connectivity index is 2.67. The van der Waals surface area contributed by atoms with Crippen molar-refractivity contribution in [3.8, 4) is 0 Å². The van der Waals surface area contributed by atoms with Gasteiger partial charge in [0.2, 0.25) is 5.91 Å². The fraction of sp³-hybridized carbons (Fsp3) is 0.500. The monoisotopic (exact) mass is 292 g/mol. The Kier molecular flexibility index (Phi) is 6.88. The summed E-state index contributed by atoms with van der Waals surface area (Å²) >= 11 is 0. The number of nitrogens with one attached hydrogen (secondary N) is 1. The van der Waals surface area contributed by atoms with Crippen LogP contribution in [0.5, 0.6) is 0 Å². The number of hydrogen-bond donors (Lipinski definition) is 1. The van der Waals surface area contributed by atoms with E-state index in [0.29, 0.717) is 13.1 Å². The SMILES string of the molecule is CCN(C)C(=O)C(C)NCc1ccccc1CC(=O)OC. The van der Waals surface area contributed by atoms with E-state index < -0.39 is 0 Å². The number of amides is 1. The van der Waals surface area contributed by atoms with Gasteiger partial charge in [0, 0.05) is 20.1 Å². The van der Waals surface area contributed by atoms with Gasteiger partial charge < -0.3 is 15.0 Å². The van der Waals surface area contributed by atoms with Gasteiger partial charge in [0.05, 0.1) is 19.6 Å². The average molecular weight is 292 g/mol. The van der Waals surface area contributed by atoms with E-state index in [1.807, 2.05) is 38.1 Å². The molecular weight excluding hydrogens is 268 g/mol. The van der Waals surface area contributed by atoms with Crippen LogP contribution in [0, 0.1) is 0 Å². The van der Waals surface area contributed by atoms with Crippen molar-refractivity contribution in [1.82, 2.24) is 10.2 Å². The molecule has 1 N–H and O–H groups in total. The van der Waals surface area contributed by atoms with Crippen molar-refractivity contribution in [2.24, 2.45) is 0 Å². The molecule has 0 aliphatic rings. The molecule has 0 radical (unpaired) electrons. The molecule has 5 nitrogen and oxygen atoms in total. The number of nitrogens with zero attached hydrogens (tertiary/aromatic N) is 1. The second-order valence-electron chi connectivity index (χ2n) is 4.98. The van der Waals surface area contributed by atoms with Gasteiger partial charge in [-0.05, 0) is 25.0 Å². The summed E-state index contributed by atoms with van der Waals surface area (Å²) in [6.07, 6.45) is 0.242. The van der Waals surface area contributed by atoms with E-state index in [4.69, 9.17) is 4.74 Å². The molecular formula is C16H24N2O3. The summed E-state index contributed by atoms with van der Waals surface area (Å²) in [4.78, 5) is 25.1. The van der Waals surface area contributed by atoms with Gasteiger partial charge in [0.25, 0.3) is 0 Å². The first-order valence-electron chi connectivity index (χ1n) is 7.11.